The zero-order chi connectivity index (χ0) is 22.1. The third-order valence-corrected chi connectivity index (χ3v) is 4.80. The van der Waals surface area contributed by atoms with E-state index in [1.807, 2.05) is 80.6 Å². The van der Waals surface area contributed by atoms with Gasteiger partial charge in [-0.25, -0.2) is 0 Å². The number of hydrogen-bond acceptors (Lipinski definition) is 3. The van der Waals surface area contributed by atoms with E-state index in [2.05, 4.69) is 22.8 Å². The van der Waals surface area contributed by atoms with Gasteiger partial charge in [-0.1, -0.05) is 74.5 Å². The van der Waals surface area contributed by atoms with E-state index in [0.29, 0.717) is 12.3 Å². The lowest BCUT2D eigenvalue weighted by molar-refractivity contribution is -0.123. The zero-order valence-corrected chi connectivity index (χ0v) is 17.9. The van der Waals surface area contributed by atoms with Crippen LogP contribution in [-0.2, 0) is 22.6 Å². The molecule has 0 aliphatic heterocycles. The number of hydrogen-bond donors (Lipinski definition) is 2. The molecule has 5 nitrogen and oxygen atoms in total. The summed E-state index contributed by atoms with van der Waals surface area (Å²) in [6.07, 6.45) is 0.748. The molecule has 0 heterocycles. The van der Waals surface area contributed by atoms with Crippen LogP contribution in [0, 0.1) is 5.92 Å². The molecule has 0 spiro atoms. The fourth-order valence-corrected chi connectivity index (χ4v) is 2.99. The van der Waals surface area contributed by atoms with Crippen molar-refractivity contribution in [3.63, 3.8) is 0 Å². The SMILES string of the molecule is CC(C)C(=O)Nc1ccc(CNC(=O)COc2ccccc2Cc2ccccc2)cc1. The lowest BCUT2D eigenvalue weighted by Gasteiger charge is -2.12. The molecule has 0 radical (unpaired) electrons. The Balaban J connectivity index is 1.48. The number of carbonyl (C=O) groups is 2. The molecule has 0 aliphatic rings. The van der Waals surface area contributed by atoms with Crippen LogP contribution in [-0.4, -0.2) is 18.4 Å². The topological polar surface area (TPSA) is 67.4 Å². The molecule has 3 rings (SSSR count). The second kappa shape index (κ2) is 11.0. The van der Waals surface area contributed by atoms with E-state index in [9.17, 15) is 9.59 Å². The molecule has 2 amide bonds. The van der Waals surface area contributed by atoms with Crippen molar-refractivity contribution in [1.82, 2.24) is 5.32 Å². The molecule has 0 unspecified atom stereocenters. The van der Waals surface area contributed by atoms with E-state index in [1.54, 1.807) is 0 Å². The third kappa shape index (κ3) is 7.00. The number of para-hydroxylation sites is 1. The smallest absolute Gasteiger partial charge is 0.258 e. The largest absolute Gasteiger partial charge is 0.483 e. The van der Waals surface area contributed by atoms with Gasteiger partial charge in [0.15, 0.2) is 6.61 Å². The van der Waals surface area contributed by atoms with Crippen LogP contribution in [0.5, 0.6) is 5.75 Å². The van der Waals surface area contributed by atoms with Gasteiger partial charge in [-0.2, -0.15) is 0 Å². The summed E-state index contributed by atoms with van der Waals surface area (Å²) >= 11 is 0. The fraction of sp³-hybridized carbons (Fsp3) is 0.231. The van der Waals surface area contributed by atoms with Gasteiger partial charge in [0.25, 0.3) is 5.91 Å². The Morgan fingerprint density at radius 1 is 0.839 bits per heavy atom. The molecule has 0 bridgehead atoms. The maximum absolute atomic E-state index is 12.3. The molecule has 3 aromatic carbocycles. The van der Waals surface area contributed by atoms with Gasteiger partial charge in [0.05, 0.1) is 0 Å². The van der Waals surface area contributed by atoms with Crippen molar-refractivity contribution < 1.29 is 14.3 Å². The standard InChI is InChI=1S/C26H28N2O3/c1-19(2)26(30)28-23-14-12-21(13-15-23)17-27-25(29)18-31-24-11-7-6-10-22(24)16-20-8-4-3-5-9-20/h3-15,19H,16-18H2,1-2H3,(H,27,29)(H,28,30). The lowest BCUT2D eigenvalue weighted by atomic mass is 10.0. The minimum atomic E-state index is -0.188. The molecule has 0 atom stereocenters. The van der Waals surface area contributed by atoms with Crippen molar-refractivity contribution >= 4 is 17.5 Å². The highest BCUT2D eigenvalue weighted by Gasteiger charge is 2.09. The number of carbonyl (C=O) groups excluding carboxylic acids is 2. The number of ether oxygens (including phenoxy) is 1. The first-order valence-corrected chi connectivity index (χ1v) is 10.4. The van der Waals surface area contributed by atoms with E-state index in [0.717, 1.165) is 23.2 Å². The average Bonchev–Trinajstić information content (AvgIpc) is 2.78. The third-order valence-electron chi connectivity index (χ3n) is 4.80. The van der Waals surface area contributed by atoms with Crippen molar-refractivity contribution in [2.75, 3.05) is 11.9 Å². The van der Waals surface area contributed by atoms with Crippen LogP contribution in [0.15, 0.2) is 78.9 Å². The Hall–Kier alpha value is -3.60. The lowest BCUT2D eigenvalue weighted by Crippen LogP contribution is -2.28. The van der Waals surface area contributed by atoms with Crippen molar-refractivity contribution in [2.24, 2.45) is 5.92 Å². The number of anilines is 1. The predicted molar refractivity (Wildman–Crippen MR) is 123 cm³/mol. The van der Waals surface area contributed by atoms with Gasteiger partial charge < -0.3 is 15.4 Å². The number of benzene rings is 3. The summed E-state index contributed by atoms with van der Waals surface area (Å²) in [7, 11) is 0. The Bertz CT molecular complexity index is 999. The van der Waals surface area contributed by atoms with Crippen LogP contribution in [0.25, 0.3) is 0 Å². The van der Waals surface area contributed by atoms with Gasteiger partial charge in [-0.15, -0.1) is 0 Å². The van der Waals surface area contributed by atoms with E-state index < -0.39 is 0 Å². The first kappa shape index (κ1) is 22.1. The normalized spacial score (nSPS) is 10.5. The van der Waals surface area contributed by atoms with Crippen LogP contribution in [0.2, 0.25) is 0 Å². The first-order valence-electron chi connectivity index (χ1n) is 10.4. The van der Waals surface area contributed by atoms with Crippen molar-refractivity contribution in [2.45, 2.75) is 26.8 Å². The van der Waals surface area contributed by atoms with E-state index in [4.69, 9.17) is 4.74 Å². The molecule has 0 fully saturated rings. The van der Waals surface area contributed by atoms with Crippen molar-refractivity contribution in [1.29, 1.82) is 0 Å². The van der Waals surface area contributed by atoms with Gasteiger partial charge in [0.1, 0.15) is 5.75 Å². The molecule has 5 heteroatoms. The van der Waals surface area contributed by atoms with Crippen LogP contribution in [0.4, 0.5) is 5.69 Å². The highest BCUT2D eigenvalue weighted by atomic mass is 16.5. The van der Waals surface area contributed by atoms with Gasteiger partial charge >= 0.3 is 0 Å². The van der Waals surface area contributed by atoms with Crippen molar-refractivity contribution in [3.8, 4) is 5.75 Å². The molecule has 0 aromatic heterocycles. The average molecular weight is 417 g/mol. The Kier molecular flexibility index (Phi) is 7.82. The van der Waals surface area contributed by atoms with Crippen molar-refractivity contribution in [3.05, 3.63) is 95.6 Å². The molecule has 3 aromatic rings. The molecule has 0 saturated carbocycles. The fourth-order valence-electron chi connectivity index (χ4n) is 2.99. The molecule has 0 saturated heterocycles. The maximum Gasteiger partial charge on any atom is 0.258 e. The van der Waals surface area contributed by atoms with Crippen LogP contribution in [0.1, 0.15) is 30.5 Å². The number of amides is 2. The molecular formula is C26H28N2O3. The molecule has 0 aliphatic carbocycles. The summed E-state index contributed by atoms with van der Waals surface area (Å²) in [5, 5.41) is 5.71. The van der Waals surface area contributed by atoms with Gasteiger partial charge in [-0.3, -0.25) is 9.59 Å². The first-order chi connectivity index (χ1) is 15.0. The molecule has 2 N–H and O–H groups in total. The Morgan fingerprint density at radius 3 is 2.23 bits per heavy atom. The number of nitrogens with one attached hydrogen (secondary N) is 2. The predicted octanol–water partition coefficient (Wildman–Crippen LogP) is 4.57. The summed E-state index contributed by atoms with van der Waals surface area (Å²) in [5.74, 6) is 0.431. The van der Waals surface area contributed by atoms with Gasteiger partial charge in [0, 0.05) is 24.6 Å². The summed E-state index contributed by atoms with van der Waals surface area (Å²) in [6.45, 7) is 4.04. The summed E-state index contributed by atoms with van der Waals surface area (Å²) in [6, 6.07) is 25.4. The van der Waals surface area contributed by atoms with Crippen LogP contribution in [0.3, 0.4) is 0 Å². The second-order valence-corrected chi connectivity index (χ2v) is 7.68. The molecular weight excluding hydrogens is 388 g/mol. The van der Waals surface area contributed by atoms with Gasteiger partial charge in [0.2, 0.25) is 5.91 Å². The summed E-state index contributed by atoms with van der Waals surface area (Å²) in [4.78, 5) is 24.0. The molecule has 31 heavy (non-hydrogen) atoms. The Morgan fingerprint density at radius 2 is 1.52 bits per heavy atom. The minimum Gasteiger partial charge on any atom is -0.483 e. The zero-order valence-electron chi connectivity index (χ0n) is 17.9. The highest BCUT2D eigenvalue weighted by molar-refractivity contribution is 5.92. The summed E-state index contributed by atoms with van der Waals surface area (Å²) in [5.41, 5.74) is 3.92. The summed E-state index contributed by atoms with van der Waals surface area (Å²) < 4.78 is 5.79. The van der Waals surface area contributed by atoms with E-state index in [-0.39, 0.29) is 24.3 Å². The number of rotatable bonds is 9. The minimum absolute atomic E-state index is 0.0225. The van der Waals surface area contributed by atoms with E-state index in [1.165, 1.54) is 5.56 Å². The van der Waals surface area contributed by atoms with Crippen LogP contribution < -0.4 is 15.4 Å². The van der Waals surface area contributed by atoms with E-state index >= 15 is 0 Å². The van der Waals surface area contributed by atoms with Gasteiger partial charge in [-0.05, 0) is 34.9 Å². The second-order valence-electron chi connectivity index (χ2n) is 7.68. The monoisotopic (exact) mass is 416 g/mol. The Labute approximate surface area is 183 Å². The highest BCUT2D eigenvalue weighted by Crippen LogP contribution is 2.21. The molecule has 160 valence electrons. The van der Waals surface area contributed by atoms with Crippen LogP contribution >= 0.6 is 0 Å². The maximum atomic E-state index is 12.3. The quantitative estimate of drug-likeness (QED) is 0.537.